The van der Waals surface area contributed by atoms with Gasteiger partial charge in [0.15, 0.2) is 0 Å². The van der Waals surface area contributed by atoms with Gasteiger partial charge in [-0.3, -0.25) is 4.79 Å². The van der Waals surface area contributed by atoms with Gasteiger partial charge in [-0.2, -0.15) is 0 Å². The lowest BCUT2D eigenvalue weighted by Crippen LogP contribution is -2.26. The molecule has 1 aromatic rings. The van der Waals surface area contributed by atoms with Crippen molar-refractivity contribution < 1.29 is 9.53 Å². The molecule has 6 heteroatoms. The van der Waals surface area contributed by atoms with E-state index in [1.807, 2.05) is 0 Å². The summed E-state index contributed by atoms with van der Waals surface area (Å²) in [6.07, 6.45) is 10.6. The van der Waals surface area contributed by atoms with Gasteiger partial charge < -0.3 is 15.4 Å². The van der Waals surface area contributed by atoms with Crippen LogP contribution in [-0.4, -0.2) is 42.7 Å². The maximum Gasteiger partial charge on any atom is 0.270 e. The first-order valence-electron chi connectivity index (χ1n) is 8.31. The Bertz CT molecular complexity index is 531. The van der Waals surface area contributed by atoms with E-state index in [0.29, 0.717) is 31.3 Å². The second-order valence-corrected chi connectivity index (χ2v) is 5.65. The zero-order chi connectivity index (χ0) is 16.3. The van der Waals surface area contributed by atoms with Crippen LogP contribution in [0, 0.1) is 0 Å². The third kappa shape index (κ3) is 6.36. The SMILES string of the molecule is COCCCNc1nccc(C(=O)NCCC2=CCCCC2)n1. The van der Waals surface area contributed by atoms with Crippen molar-refractivity contribution >= 4 is 11.9 Å². The summed E-state index contributed by atoms with van der Waals surface area (Å²) in [5, 5.41) is 6.02. The average Bonchev–Trinajstić information content (AvgIpc) is 2.60. The van der Waals surface area contributed by atoms with Gasteiger partial charge in [0.25, 0.3) is 5.91 Å². The Morgan fingerprint density at radius 2 is 2.26 bits per heavy atom. The van der Waals surface area contributed by atoms with Crippen LogP contribution in [0.2, 0.25) is 0 Å². The lowest BCUT2D eigenvalue weighted by atomic mass is 9.97. The number of anilines is 1. The lowest BCUT2D eigenvalue weighted by molar-refractivity contribution is 0.0949. The van der Waals surface area contributed by atoms with E-state index < -0.39 is 0 Å². The van der Waals surface area contributed by atoms with E-state index in [4.69, 9.17) is 4.74 Å². The van der Waals surface area contributed by atoms with Gasteiger partial charge in [0.1, 0.15) is 5.69 Å². The summed E-state index contributed by atoms with van der Waals surface area (Å²) < 4.78 is 4.99. The monoisotopic (exact) mass is 318 g/mol. The van der Waals surface area contributed by atoms with Gasteiger partial charge in [-0.1, -0.05) is 11.6 Å². The predicted molar refractivity (Wildman–Crippen MR) is 90.5 cm³/mol. The molecular weight excluding hydrogens is 292 g/mol. The molecule has 0 unspecified atom stereocenters. The van der Waals surface area contributed by atoms with Crippen molar-refractivity contribution in [2.45, 2.75) is 38.5 Å². The number of aromatic nitrogens is 2. The number of nitrogens with one attached hydrogen (secondary N) is 2. The highest BCUT2D eigenvalue weighted by Gasteiger charge is 2.09. The molecule has 2 rings (SSSR count). The largest absolute Gasteiger partial charge is 0.385 e. The standard InChI is InChI=1S/C17H26N4O2/c1-23-13-5-10-19-17-20-12-9-15(21-17)16(22)18-11-8-14-6-3-2-4-7-14/h6,9,12H,2-5,7-8,10-11,13H2,1H3,(H,18,22)(H,19,20,21). The summed E-state index contributed by atoms with van der Waals surface area (Å²) in [4.78, 5) is 20.5. The Balaban J connectivity index is 1.76. The number of rotatable bonds is 9. The third-order valence-corrected chi connectivity index (χ3v) is 3.81. The van der Waals surface area contributed by atoms with Gasteiger partial charge in [-0.15, -0.1) is 0 Å². The molecule has 2 N–H and O–H groups in total. The Morgan fingerprint density at radius 3 is 3.04 bits per heavy atom. The number of methoxy groups -OCH3 is 1. The molecule has 0 aliphatic heterocycles. The summed E-state index contributed by atoms with van der Waals surface area (Å²) >= 11 is 0. The minimum Gasteiger partial charge on any atom is -0.385 e. The molecule has 0 saturated carbocycles. The van der Waals surface area contributed by atoms with E-state index in [0.717, 1.165) is 12.8 Å². The topological polar surface area (TPSA) is 76.1 Å². The maximum absolute atomic E-state index is 12.1. The summed E-state index contributed by atoms with van der Waals surface area (Å²) in [6, 6.07) is 1.63. The average molecular weight is 318 g/mol. The highest BCUT2D eigenvalue weighted by molar-refractivity contribution is 5.92. The summed E-state index contributed by atoms with van der Waals surface area (Å²) in [5.41, 5.74) is 1.85. The number of hydrogen-bond acceptors (Lipinski definition) is 5. The van der Waals surface area contributed by atoms with Crippen LogP contribution in [0.5, 0.6) is 0 Å². The van der Waals surface area contributed by atoms with E-state index in [1.165, 1.54) is 31.3 Å². The van der Waals surface area contributed by atoms with Crippen LogP contribution in [0.15, 0.2) is 23.9 Å². The molecule has 1 aliphatic rings. The molecular formula is C17H26N4O2. The molecule has 0 saturated heterocycles. The van der Waals surface area contributed by atoms with E-state index in [1.54, 1.807) is 19.4 Å². The molecule has 0 spiro atoms. The first-order valence-corrected chi connectivity index (χ1v) is 8.31. The van der Waals surface area contributed by atoms with Gasteiger partial charge in [-0.05, 0) is 44.6 Å². The Kier molecular flexibility index (Phi) is 7.52. The number of carbonyl (C=O) groups excluding carboxylic acids is 1. The second kappa shape index (κ2) is 9.94. The molecule has 0 fully saturated rings. The van der Waals surface area contributed by atoms with E-state index >= 15 is 0 Å². The molecule has 23 heavy (non-hydrogen) atoms. The van der Waals surface area contributed by atoms with Crippen LogP contribution in [0.4, 0.5) is 5.95 Å². The molecule has 126 valence electrons. The third-order valence-electron chi connectivity index (χ3n) is 3.81. The van der Waals surface area contributed by atoms with Crippen LogP contribution in [-0.2, 0) is 4.74 Å². The van der Waals surface area contributed by atoms with Gasteiger partial charge in [-0.25, -0.2) is 9.97 Å². The minimum absolute atomic E-state index is 0.149. The zero-order valence-corrected chi connectivity index (χ0v) is 13.8. The minimum atomic E-state index is -0.149. The fourth-order valence-electron chi connectivity index (χ4n) is 2.55. The second-order valence-electron chi connectivity index (χ2n) is 5.65. The summed E-state index contributed by atoms with van der Waals surface area (Å²) in [6.45, 7) is 2.06. The molecule has 0 radical (unpaired) electrons. The Hall–Kier alpha value is -1.95. The maximum atomic E-state index is 12.1. The lowest BCUT2D eigenvalue weighted by Gasteiger charge is -2.13. The van der Waals surface area contributed by atoms with Crippen LogP contribution >= 0.6 is 0 Å². The molecule has 0 bridgehead atoms. The molecule has 1 aromatic heterocycles. The molecule has 1 aliphatic carbocycles. The fraction of sp³-hybridized carbons (Fsp3) is 0.588. The van der Waals surface area contributed by atoms with Crippen LogP contribution in [0.25, 0.3) is 0 Å². The predicted octanol–water partition coefficient (Wildman–Crippen LogP) is 2.55. The molecule has 6 nitrogen and oxygen atoms in total. The Labute approximate surface area is 137 Å². The van der Waals surface area contributed by atoms with Crippen molar-refractivity contribution in [1.29, 1.82) is 0 Å². The van der Waals surface area contributed by atoms with Crippen molar-refractivity contribution in [1.82, 2.24) is 15.3 Å². The summed E-state index contributed by atoms with van der Waals surface area (Å²) in [5.74, 6) is 0.326. The van der Waals surface area contributed by atoms with Gasteiger partial charge in [0.05, 0.1) is 0 Å². The first kappa shape index (κ1) is 17.4. The van der Waals surface area contributed by atoms with E-state index in [2.05, 4.69) is 26.7 Å². The van der Waals surface area contributed by atoms with Gasteiger partial charge in [0.2, 0.25) is 5.95 Å². The molecule has 0 atom stereocenters. The van der Waals surface area contributed by atoms with Gasteiger partial charge >= 0.3 is 0 Å². The van der Waals surface area contributed by atoms with Crippen molar-refractivity contribution in [3.63, 3.8) is 0 Å². The molecule has 1 heterocycles. The van der Waals surface area contributed by atoms with Gasteiger partial charge in [0, 0.05) is 33.0 Å². The summed E-state index contributed by atoms with van der Waals surface area (Å²) in [7, 11) is 1.67. The van der Waals surface area contributed by atoms with Crippen LogP contribution in [0.1, 0.15) is 49.0 Å². The van der Waals surface area contributed by atoms with Crippen molar-refractivity contribution in [3.8, 4) is 0 Å². The quantitative estimate of drug-likeness (QED) is 0.540. The highest BCUT2D eigenvalue weighted by Crippen LogP contribution is 2.19. The number of hydrogen-bond donors (Lipinski definition) is 2. The van der Waals surface area contributed by atoms with Crippen molar-refractivity contribution in [2.75, 3.05) is 32.1 Å². The number of carbonyl (C=O) groups is 1. The number of nitrogens with zero attached hydrogens (tertiary/aromatic N) is 2. The number of amides is 1. The smallest absolute Gasteiger partial charge is 0.270 e. The fourth-order valence-corrected chi connectivity index (χ4v) is 2.55. The first-order chi connectivity index (χ1) is 11.3. The van der Waals surface area contributed by atoms with Crippen LogP contribution < -0.4 is 10.6 Å². The molecule has 0 aromatic carbocycles. The Morgan fingerprint density at radius 1 is 1.35 bits per heavy atom. The normalized spacial score (nSPS) is 14.2. The highest BCUT2D eigenvalue weighted by atomic mass is 16.5. The van der Waals surface area contributed by atoms with E-state index in [9.17, 15) is 4.79 Å². The zero-order valence-electron chi connectivity index (χ0n) is 13.8. The van der Waals surface area contributed by atoms with Crippen LogP contribution in [0.3, 0.4) is 0 Å². The van der Waals surface area contributed by atoms with Crippen molar-refractivity contribution in [2.24, 2.45) is 0 Å². The van der Waals surface area contributed by atoms with E-state index in [-0.39, 0.29) is 5.91 Å². The molecule has 1 amide bonds. The number of allylic oxidation sites excluding steroid dienone is 1. The van der Waals surface area contributed by atoms with Crippen molar-refractivity contribution in [3.05, 3.63) is 29.6 Å². The number of ether oxygens (including phenoxy) is 1.